The summed E-state index contributed by atoms with van der Waals surface area (Å²) < 4.78 is 38.6. The summed E-state index contributed by atoms with van der Waals surface area (Å²) in [7, 11) is 0. The first-order chi connectivity index (χ1) is 13.0. The van der Waals surface area contributed by atoms with Crippen LogP contribution in [0.1, 0.15) is 11.1 Å². The number of rotatable bonds is 2. The van der Waals surface area contributed by atoms with E-state index in [4.69, 9.17) is 0 Å². The Hall–Kier alpha value is -2.86. The molecule has 1 aliphatic rings. The van der Waals surface area contributed by atoms with Crippen molar-refractivity contribution >= 4 is 33.1 Å². The predicted molar refractivity (Wildman–Crippen MR) is 98.0 cm³/mol. The number of alkyl halides is 3. The molecule has 27 heavy (non-hydrogen) atoms. The molecule has 3 heterocycles. The highest BCUT2D eigenvalue weighted by Crippen LogP contribution is 2.33. The number of halogens is 3. The number of benzene rings is 1. The average Bonchev–Trinajstić information content (AvgIpc) is 3.16. The maximum Gasteiger partial charge on any atom is 0.416 e. The molecule has 1 aliphatic heterocycles. The quantitative estimate of drug-likeness (QED) is 0.665. The molecule has 0 bridgehead atoms. The van der Waals surface area contributed by atoms with Gasteiger partial charge >= 0.3 is 6.18 Å². The first-order valence-corrected chi connectivity index (χ1v) is 9.15. The van der Waals surface area contributed by atoms with Crippen LogP contribution in [0.5, 0.6) is 0 Å². The van der Waals surface area contributed by atoms with Crippen molar-refractivity contribution in [1.29, 1.82) is 5.26 Å². The lowest BCUT2D eigenvalue weighted by atomic mass is 10.1. The molecule has 138 valence electrons. The van der Waals surface area contributed by atoms with Crippen LogP contribution in [0.25, 0.3) is 10.2 Å². The fraction of sp³-hybridized carbons (Fsp3) is 0.278. The second-order valence-electron chi connectivity index (χ2n) is 6.15. The maximum atomic E-state index is 12.9. The minimum absolute atomic E-state index is 0.0422. The lowest BCUT2D eigenvalue weighted by molar-refractivity contribution is -0.137. The van der Waals surface area contributed by atoms with Gasteiger partial charge in [0.2, 0.25) is 0 Å². The molecule has 4 rings (SSSR count). The van der Waals surface area contributed by atoms with Gasteiger partial charge in [-0.25, -0.2) is 9.97 Å². The minimum atomic E-state index is -4.46. The van der Waals surface area contributed by atoms with Gasteiger partial charge in [-0.15, -0.1) is 11.3 Å². The number of thiophene rings is 1. The standard InChI is InChI=1S/C18H14F3N5S/c19-18(20,21)13-1-2-15(12(9-13)10-22)25-4-6-26(7-5-25)16-14-3-8-27-17(14)24-11-23-16/h1-3,8-9,11H,4-7H2. The molecule has 0 saturated carbocycles. The normalized spacial score (nSPS) is 15.2. The van der Waals surface area contributed by atoms with Crippen molar-refractivity contribution < 1.29 is 13.2 Å². The molecular formula is C18H14F3N5S. The Morgan fingerprint density at radius 2 is 1.78 bits per heavy atom. The fourth-order valence-electron chi connectivity index (χ4n) is 3.27. The number of nitrogens with zero attached hydrogens (tertiary/aromatic N) is 5. The molecule has 0 unspecified atom stereocenters. The first kappa shape index (κ1) is 17.5. The van der Waals surface area contributed by atoms with Crippen LogP contribution in [0.15, 0.2) is 36.0 Å². The largest absolute Gasteiger partial charge is 0.416 e. The molecule has 1 fully saturated rings. The lowest BCUT2D eigenvalue weighted by Gasteiger charge is -2.37. The van der Waals surface area contributed by atoms with Crippen LogP contribution in [0, 0.1) is 11.3 Å². The van der Waals surface area contributed by atoms with Crippen LogP contribution in [0.4, 0.5) is 24.7 Å². The smallest absolute Gasteiger partial charge is 0.367 e. The van der Waals surface area contributed by atoms with Gasteiger partial charge in [-0.05, 0) is 29.6 Å². The van der Waals surface area contributed by atoms with E-state index in [1.807, 2.05) is 22.4 Å². The van der Waals surface area contributed by atoms with Crippen molar-refractivity contribution in [2.75, 3.05) is 36.0 Å². The second-order valence-corrected chi connectivity index (χ2v) is 7.05. The van der Waals surface area contributed by atoms with E-state index in [-0.39, 0.29) is 5.56 Å². The lowest BCUT2D eigenvalue weighted by Crippen LogP contribution is -2.47. The Labute approximate surface area is 157 Å². The summed E-state index contributed by atoms with van der Waals surface area (Å²) in [5.74, 6) is 0.869. The van der Waals surface area contributed by atoms with Crippen molar-refractivity contribution in [2.24, 2.45) is 0 Å². The summed E-state index contributed by atoms with van der Waals surface area (Å²) in [6, 6.07) is 7.22. The number of hydrogen-bond donors (Lipinski definition) is 0. The number of aromatic nitrogens is 2. The van der Waals surface area contributed by atoms with Crippen LogP contribution in [-0.2, 0) is 6.18 Å². The molecule has 1 aromatic carbocycles. The van der Waals surface area contributed by atoms with E-state index in [2.05, 4.69) is 14.9 Å². The zero-order chi connectivity index (χ0) is 19.0. The molecule has 0 amide bonds. The molecule has 1 saturated heterocycles. The van der Waals surface area contributed by atoms with Gasteiger partial charge in [0.1, 0.15) is 23.0 Å². The van der Waals surface area contributed by atoms with Crippen molar-refractivity contribution in [1.82, 2.24) is 9.97 Å². The van der Waals surface area contributed by atoms with Crippen LogP contribution >= 0.6 is 11.3 Å². The Bertz CT molecular complexity index is 1020. The number of nitriles is 1. The summed E-state index contributed by atoms with van der Waals surface area (Å²) in [4.78, 5) is 13.7. The highest BCUT2D eigenvalue weighted by Gasteiger charge is 2.32. The summed E-state index contributed by atoms with van der Waals surface area (Å²) in [5.41, 5.74) is -0.226. The van der Waals surface area contributed by atoms with Gasteiger partial charge in [0.25, 0.3) is 0 Å². The van der Waals surface area contributed by atoms with E-state index in [0.29, 0.717) is 31.9 Å². The van der Waals surface area contributed by atoms with E-state index < -0.39 is 11.7 Å². The highest BCUT2D eigenvalue weighted by atomic mass is 32.1. The van der Waals surface area contributed by atoms with E-state index >= 15 is 0 Å². The van der Waals surface area contributed by atoms with Gasteiger partial charge in [-0.3, -0.25) is 0 Å². The average molecular weight is 389 g/mol. The van der Waals surface area contributed by atoms with E-state index in [0.717, 1.165) is 28.2 Å². The Morgan fingerprint density at radius 1 is 1.04 bits per heavy atom. The highest BCUT2D eigenvalue weighted by molar-refractivity contribution is 7.16. The molecule has 2 aromatic heterocycles. The van der Waals surface area contributed by atoms with Crippen LogP contribution < -0.4 is 9.80 Å². The summed E-state index contributed by atoms with van der Waals surface area (Å²) in [6.07, 6.45) is -2.91. The molecule has 9 heteroatoms. The summed E-state index contributed by atoms with van der Waals surface area (Å²) in [6.45, 7) is 2.51. The maximum absolute atomic E-state index is 12.9. The Balaban J connectivity index is 1.54. The molecule has 0 aliphatic carbocycles. The summed E-state index contributed by atoms with van der Waals surface area (Å²) >= 11 is 1.55. The van der Waals surface area contributed by atoms with E-state index in [1.54, 1.807) is 17.7 Å². The minimum Gasteiger partial charge on any atom is -0.367 e. The molecule has 0 radical (unpaired) electrons. The van der Waals surface area contributed by atoms with E-state index in [1.165, 1.54) is 6.07 Å². The Morgan fingerprint density at radius 3 is 2.48 bits per heavy atom. The zero-order valence-corrected chi connectivity index (χ0v) is 14.9. The monoisotopic (exact) mass is 389 g/mol. The molecule has 0 N–H and O–H groups in total. The second kappa shape index (κ2) is 6.70. The number of piperazine rings is 1. The van der Waals surface area contributed by atoms with Crippen molar-refractivity contribution in [3.63, 3.8) is 0 Å². The van der Waals surface area contributed by atoms with Crippen LogP contribution in [0.3, 0.4) is 0 Å². The fourth-order valence-corrected chi connectivity index (χ4v) is 3.99. The van der Waals surface area contributed by atoms with Gasteiger partial charge < -0.3 is 9.80 Å². The predicted octanol–water partition coefficient (Wildman–Crippen LogP) is 3.91. The molecule has 5 nitrogen and oxygen atoms in total. The third-order valence-electron chi connectivity index (χ3n) is 4.60. The molecule has 0 atom stereocenters. The number of anilines is 2. The Kier molecular flexibility index (Phi) is 4.36. The molecule has 0 spiro atoms. The van der Waals surface area contributed by atoms with Gasteiger partial charge in [0.15, 0.2) is 0 Å². The third-order valence-corrected chi connectivity index (χ3v) is 5.43. The van der Waals surface area contributed by atoms with Gasteiger partial charge in [0, 0.05) is 26.2 Å². The van der Waals surface area contributed by atoms with E-state index in [9.17, 15) is 18.4 Å². The van der Waals surface area contributed by atoms with Crippen LogP contribution in [0.2, 0.25) is 0 Å². The van der Waals surface area contributed by atoms with Crippen molar-refractivity contribution in [2.45, 2.75) is 6.18 Å². The number of hydrogen-bond acceptors (Lipinski definition) is 6. The topological polar surface area (TPSA) is 56.1 Å². The third kappa shape index (κ3) is 3.28. The molecular weight excluding hydrogens is 375 g/mol. The SMILES string of the molecule is N#Cc1cc(C(F)(F)F)ccc1N1CCN(c2ncnc3sccc23)CC1. The van der Waals surface area contributed by atoms with Gasteiger partial charge in [0.05, 0.1) is 22.2 Å². The van der Waals surface area contributed by atoms with Crippen molar-refractivity contribution in [3.8, 4) is 6.07 Å². The van der Waals surface area contributed by atoms with Crippen LogP contribution in [-0.4, -0.2) is 36.1 Å². The van der Waals surface area contributed by atoms with Gasteiger partial charge in [-0.1, -0.05) is 0 Å². The zero-order valence-electron chi connectivity index (χ0n) is 14.1. The first-order valence-electron chi connectivity index (χ1n) is 8.27. The molecule has 3 aromatic rings. The van der Waals surface area contributed by atoms with Crippen molar-refractivity contribution in [3.05, 3.63) is 47.1 Å². The summed E-state index contributed by atoms with van der Waals surface area (Å²) in [5, 5.41) is 12.3. The van der Waals surface area contributed by atoms with Gasteiger partial charge in [-0.2, -0.15) is 18.4 Å². The number of fused-ring (bicyclic) bond motifs is 1.